The molecule has 2 rings (SSSR count). The summed E-state index contributed by atoms with van der Waals surface area (Å²) in [6, 6.07) is -0.193. The minimum absolute atomic E-state index is 0.193. The first kappa shape index (κ1) is 15.3. The number of allylic oxidation sites excluding steroid dienone is 1. The molecular weight excluding hydrogens is 256 g/mol. The highest BCUT2D eigenvalue weighted by Gasteiger charge is 2.29. The van der Waals surface area contributed by atoms with E-state index in [-0.39, 0.29) is 6.03 Å². The molecule has 2 amide bonds. The third-order valence-corrected chi connectivity index (χ3v) is 4.12. The molecule has 1 aliphatic heterocycles. The maximum atomic E-state index is 11.7. The van der Waals surface area contributed by atoms with Crippen molar-refractivity contribution in [1.29, 1.82) is 0 Å². The second kappa shape index (κ2) is 7.64. The second-order valence-corrected chi connectivity index (χ2v) is 5.80. The molecule has 3 N–H and O–H groups in total. The van der Waals surface area contributed by atoms with E-state index in [1.807, 2.05) is 0 Å². The lowest BCUT2D eigenvalue weighted by atomic mass is 9.94. The summed E-state index contributed by atoms with van der Waals surface area (Å²) in [5.41, 5.74) is 0.654. The Bertz CT molecular complexity index is 349. The number of rotatable bonds is 5. The normalized spacial score (nSPS) is 21.9. The largest absolute Gasteiger partial charge is 0.388 e. The Morgan fingerprint density at radius 2 is 2.10 bits per heavy atom. The van der Waals surface area contributed by atoms with Gasteiger partial charge in [0.05, 0.1) is 5.60 Å². The van der Waals surface area contributed by atoms with Crippen LogP contribution in [0.2, 0.25) is 0 Å². The molecule has 0 aromatic rings. The van der Waals surface area contributed by atoms with Crippen LogP contribution in [0.3, 0.4) is 0 Å². The van der Waals surface area contributed by atoms with Crippen molar-refractivity contribution in [1.82, 2.24) is 10.6 Å². The quantitative estimate of drug-likeness (QED) is 0.672. The summed E-state index contributed by atoms with van der Waals surface area (Å²) in [5.74, 6) is 0. The summed E-state index contributed by atoms with van der Waals surface area (Å²) in [5, 5.41) is 15.8. The van der Waals surface area contributed by atoms with E-state index in [0.717, 1.165) is 6.42 Å². The maximum absolute atomic E-state index is 11.7. The summed E-state index contributed by atoms with van der Waals surface area (Å²) in [6.07, 6.45) is 9.31. The highest BCUT2D eigenvalue weighted by atomic mass is 16.5. The molecule has 0 aromatic heterocycles. The van der Waals surface area contributed by atoms with Crippen LogP contribution < -0.4 is 10.6 Å². The molecule has 0 spiro atoms. The Hall–Kier alpha value is -1.07. The van der Waals surface area contributed by atoms with E-state index < -0.39 is 5.60 Å². The van der Waals surface area contributed by atoms with E-state index in [1.165, 1.54) is 31.3 Å². The van der Waals surface area contributed by atoms with Gasteiger partial charge in [-0.2, -0.15) is 0 Å². The number of carbonyl (C=O) groups is 1. The molecule has 20 heavy (non-hydrogen) atoms. The first-order valence-electron chi connectivity index (χ1n) is 7.68. The average molecular weight is 282 g/mol. The van der Waals surface area contributed by atoms with E-state index >= 15 is 0 Å². The Balaban J connectivity index is 1.59. The molecule has 2 aliphatic rings. The van der Waals surface area contributed by atoms with Crippen molar-refractivity contribution in [3.8, 4) is 0 Å². The zero-order chi connectivity index (χ0) is 14.3. The van der Waals surface area contributed by atoms with Crippen LogP contribution in [-0.4, -0.2) is 43.0 Å². The summed E-state index contributed by atoms with van der Waals surface area (Å²) in [6.45, 7) is 2.09. The van der Waals surface area contributed by atoms with Crippen molar-refractivity contribution < 1.29 is 14.6 Å². The van der Waals surface area contributed by atoms with Crippen LogP contribution in [0.5, 0.6) is 0 Å². The monoisotopic (exact) mass is 282 g/mol. The average Bonchev–Trinajstić information content (AvgIpc) is 2.47. The molecule has 1 fully saturated rings. The van der Waals surface area contributed by atoms with Gasteiger partial charge in [-0.05, 0) is 32.1 Å². The summed E-state index contributed by atoms with van der Waals surface area (Å²) in [7, 11) is 0. The molecule has 0 aromatic carbocycles. The Labute approximate surface area is 120 Å². The number of hydrogen-bond acceptors (Lipinski definition) is 3. The van der Waals surface area contributed by atoms with Gasteiger partial charge in [0.1, 0.15) is 0 Å². The molecule has 0 bridgehead atoms. The zero-order valence-electron chi connectivity index (χ0n) is 12.1. The van der Waals surface area contributed by atoms with E-state index in [1.54, 1.807) is 0 Å². The zero-order valence-corrected chi connectivity index (χ0v) is 12.1. The lowest BCUT2D eigenvalue weighted by Crippen LogP contribution is -2.49. The number of nitrogens with one attached hydrogen (secondary N) is 2. The van der Waals surface area contributed by atoms with Crippen molar-refractivity contribution in [3.63, 3.8) is 0 Å². The fraction of sp³-hybridized carbons (Fsp3) is 0.800. The van der Waals surface area contributed by atoms with Crippen LogP contribution in [0.25, 0.3) is 0 Å². The van der Waals surface area contributed by atoms with Crippen LogP contribution >= 0.6 is 0 Å². The molecule has 1 heterocycles. The molecule has 1 aliphatic carbocycles. The summed E-state index contributed by atoms with van der Waals surface area (Å²) >= 11 is 0. The van der Waals surface area contributed by atoms with Gasteiger partial charge in [0.25, 0.3) is 0 Å². The standard InChI is InChI=1S/C15H26N2O3/c18-14(16-9-6-13-4-2-1-3-5-13)17-12-15(19)7-10-20-11-8-15/h4,19H,1-3,5-12H2,(H2,16,17,18). The predicted molar refractivity (Wildman–Crippen MR) is 77.6 cm³/mol. The Morgan fingerprint density at radius 3 is 2.80 bits per heavy atom. The van der Waals surface area contributed by atoms with Gasteiger partial charge in [-0.15, -0.1) is 0 Å². The van der Waals surface area contributed by atoms with Crippen LogP contribution in [0.15, 0.2) is 11.6 Å². The van der Waals surface area contributed by atoms with E-state index in [0.29, 0.717) is 39.1 Å². The maximum Gasteiger partial charge on any atom is 0.314 e. The third-order valence-electron chi connectivity index (χ3n) is 4.12. The van der Waals surface area contributed by atoms with Crippen LogP contribution in [0.1, 0.15) is 44.9 Å². The van der Waals surface area contributed by atoms with Crippen LogP contribution in [0.4, 0.5) is 4.79 Å². The predicted octanol–water partition coefficient (Wildman–Crippen LogP) is 1.72. The number of aliphatic hydroxyl groups is 1. The van der Waals surface area contributed by atoms with Crippen molar-refractivity contribution in [2.24, 2.45) is 0 Å². The van der Waals surface area contributed by atoms with Crippen molar-refractivity contribution in [2.75, 3.05) is 26.3 Å². The highest BCUT2D eigenvalue weighted by Crippen LogP contribution is 2.20. The van der Waals surface area contributed by atoms with E-state index in [9.17, 15) is 9.90 Å². The SMILES string of the molecule is O=C(NCCC1=CCCCC1)NCC1(O)CCOCC1. The molecule has 5 nitrogen and oxygen atoms in total. The van der Waals surface area contributed by atoms with Crippen molar-refractivity contribution in [3.05, 3.63) is 11.6 Å². The molecule has 0 atom stereocenters. The van der Waals surface area contributed by atoms with Gasteiger partial charge in [-0.1, -0.05) is 11.6 Å². The molecule has 5 heteroatoms. The van der Waals surface area contributed by atoms with Gasteiger partial charge in [-0.25, -0.2) is 4.79 Å². The first-order chi connectivity index (χ1) is 9.68. The van der Waals surface area contributed by atoms with Gasteiger partial charge < -0.3 is 20.5 Å². The lowest BCUT2D eigenvalue weighted by molar-refractivity contribution is -0.0600. The Morgan fingerprint density at radius 1 is 1.30 bits per heavy atom. The summed E-state index contributed by atoms with van der Waals surface area (Å²) in [4.78, 5) is 11.7. The van der Waals surface area contributed by atoms with Gasteiger partial charge in [-0.3, -0.25) is 0 Å². The molecule has 0 saturated carbocycles. The number of carbonyl (C=O) groups excluding carboxylic acids is 1. The van der Waals surface area contributed by atoms with Gasteiger partial charge in [0.15, 0.2) is 0 Å². The van der Waals surface area contributed by atoms with E-state index in [2.05, 4.69) is 16.7 Å². The summed E-state index contributed by atoms with van der Waals surface area (Å²) < 4.78 is 5.21. The van der Waals surface area contributed by atoms with Gasteiger partial charge >= 0.3 is 6.03 Å². The molecule has 1 saturated heterocycles. The molecule has 114 valence electrons. The van der Waals surface area contributed by atoms with Gasteiger partial charge in [0, 0.05) is 39.1 Å². The second-order valence-electron chi connectivity index (χ2n) is 5.80. The van der Waals surface area contributed by atoms with Crippen molar-refractivity contribution in [2.45, 2.75) is 50.5 Å². The topological polar surface area (TPSA) is 70.6 Å². The number of urea groups is 1. The Kier molecular flexibility index (Phi) is 5.86. The molecule has 0 unspecified atom stereocenters. The molecule has 0 radical (unpaired) electrons. The number of hydrogen-bond donors (Lipinski definition) is 3. The fourth-order valence-corrected chi connectivity index (χ4v) is 2.70. The smallest absolute Gasteiger partial charge is 0.314 e. The van der Waals surface area contributed by atoms with Gasteiger partial charge in [0.2, 0.25) is 0 Å². The van der Waals surface area contributed by atoms with Crippen molar-refractivity contribution >= 4 is 6.03 Å². The van der Waals surface area contributed by atoms with E-state index in [4.69, 9.17) is 4.74 Å². The number of ether oxygens (including phenoxy) is 1. The molecular formula is C15H26N2O3. The van der Waals surface area contributed by atoms with Crippen LogP contribution in [-0.2, 0) is 4.74 Å². The number of amides is 2. The fourth-order valence-electron chi connectivity index (χ4n) is 2.70. The minimum Gasteiger partial charge on any atom is -0.388 e. The minimum atomic E-state index is -0.804. The third kappa shape index (κ3) is 5.13. The first-order valence-corrected chi connectivity index (χ1v) is 7.68. The highest BCUT2D eigenvalue weighted by molar-refractivity contribution is 5.73. The van der Waals surface area contributed by atoms with Crippen LogP contribution in [0, 0.1) is 0 Å². The lowest BCUT2D eigenvalue weighted by Gasteiger charge is -2.32.